The van der Waals surface area contributed by atoms with Gasteiger partial charge in [0, 0.05) is 27.4 Å². The van der Waals surface area contributed by atoms with E-state index in [2.05, 4.69) is 5.32 Å². The molecule has 0 unspecified atom stereocenters. The van der Waals surface area contributed by atoms with E-state index in [0.717, 1.165) is 39.2 Å². The summed E-state index contributed by atoms with van der Waals surface area (Å²) < 4.78 is 11.5. The Kier molecular flexibility index (Phi) is 7.33. The minimum atomic E-state index is -0.307. The molecule has 0 aliphatic heterocycles. The standard InChI is InChI=1S/C31H25ClN2O3/c1-2-36-28(35)20-33-25-15-9-14-23(18-25)27-19-24(32)16-17-26(27)31-34-29(21-10-5-3-6-11-21)30(37-31)22-12-7-4-8-13-22/h3-19,33H,2,20H2,1H3. The van der Waals surface area contributed by atoms with Crippen molar-refractivity contribution >= 4 is 23.3 Å². The average Bonchev–Trinajstić information content (AvgIpc) is 3.39. The van der Waals surface area contributed by atoms with Crippen LogP contribution in [0.1, 0.15) is 6.92 Å². The molecule has 0 amide bonds. The summed E-state index contributed by atoms with van der Waals surface area (Å²) in [5, 5.41) is 3.72. The van der Waals surface area contributed by atoms with E-state index in [9.17, 15) is 4.79 Å². The van der Waals surface area contributed by atoms with Crippen LogP contribution in [-0.2, 0) is 9.53 Å². The first-order chi connectivity index (χ1) is 18.1. The highest BCUT2D eigenvalue weighted by atomic mass is 35.5. The first-order valence-corrected chi connectivity index (χ1v) is 12.4. The van der Waals surface area contributed by atoms with Gasteiger partial charge < -0.3 is 14.5 Å². The molecule has 37 heavy (non-hydrogen) atoms. The van der Waals surface area contributed by atoms with Crippen molar-refractivity contribution in [3.05, 3.63) is 108 Å². The first-order valence-electron chi connectivity index (χ1n) is 12.0. The Labute approximate surface area is 220 Å². The van der Waals surface area contributed by atoms with Crippen LogP contribution < -0.4 is 5.32 Å². The summed E-state index contributed by atoms with van der Waals surface area (Å²) in [7, 11) is 0. The Hall–Kier alpha value is -4.35. The van der Waals surface area contributed by atoms with Gasteiger partial charge in [0.15, 0.2) is 5.76 Å². The highest BCUT2D eigenvalue weighted by Crippen LogP contribution is 2.40. The lowest BCUT2D eigenvalue weighted by atomic mass is 9.99. The molecular weight excluding hydrogens is 484 g/mol. The van der Waals surface area contributed by atoms with Gasteiger partial charge in [-0.05, 0) is 48.4 Å². The fourth-order valence-corrected chi connectivity index (χ4v) is 4.31. The van der Waals surface area contributed by atoms with Gasteiger partial charge in [-0.2, -0.15) is 0 Å². The molecule has 0 spiro atoms. The second kappa shape index (κ2) is 11.1. The lowest BCUT2D eigenvalue weighted by Crippen LogP contribution is -2.16. The molecule has 6 heteroatoms. The molecule has 0 atom stereocenters. The zero-order valence-electron chi connectivity index (χ0n) is 20.3. The molecule has 0 radical (unpaired) electrons. The number of ether oxygens (including phenoxy) is 1. The predicted octanol–water partition coefficient (Wildman–Crippen LogP) is 7.97. The summed E-state index contributed by atoms with van der Waals surface area (Å²) in [4.78, 5) is 16.8. The van der Waals surface area contributed by atoms with Gasteiger partial charge in [-0.15, -0.1) is 0 Å². The number of carbonyl (C=O) groups is 1. The van der Waals surface area contributed by atoms with Crippen molar-refractivity contribution in [2.24, 2.45) is 0 Å². The summed E-state index contributed by atoms with van der Waals surface area (Å²) >= 11 is 6.43. The summed E-state index contributed by atoms with van der Waals surface area (Å²) in [6.45, 7) is 2.22. The minimum absolute atomic E-state index is 0.0836. The molecular formula is C31H25ClN2O3. The summed E-state index contributed by atoms with van der Waals surface area (Å²) in [6, 6.07) is 33.4. The van der Waals surface area contributed by atoms with E-state index in [4.69, 9.17) is 25.7 Å². The molecule has 4 aromatic carbocycles. The Bertz CT molecular complexity index is 1460. The van der Waals surface area contributed by atoms with E-state index in [1.54, 1.807) is 6.92 Å². The molecule has 5 nitrogen and oxygen atoms in total. The highest BCUT2D eigenvalue weighted by molar-refractivity contribution is 6.31. The van der Waals surface area contributed by atoms with Gasteiger partial charge in [0.2, 0.25) is 5.89 Å². The largest absolute Gasteiger partial charge is 0.465 e. The van der Waals surface area contributed by atoms with Crippen LogP contribution in [-0.4, -0.2) is 24.1 Å². The Balaban J connectivity index is 1.58. The minimum Gasteiger partial charge on any atom is -0.465 e. The molecule has 0 bridgehead atoms. The van der Waals surface area contributed by atoms with Crippen LogP contribution in [0.4, 0.5) is 5.69 Å². The summed E-state index contributed by atoms with van der Waals surface area (Å²) in [6.07, 6.45) is 0. The van der Waals surface area contributed by atoms with Crippen LogP contribution >= 0.6 is 11.6 Å². The second-order valence-electron chi connectivity index (χ2n) is 8.36. The molecule has 0 saturated heterocycles. The Morgan fingerprint density at radius 1 is 0.838 bits per heavy atom. The molecule has 5 rings (SSSR count). The number of oxazole rings is 1. The lowest BCUT2D eigenvalue weighted by Gasteiger charge is -2.11. The van der Waals surface area contributed by atoms with Gasteiger partial charge in [-0.1, -0.05) is 84.4 Å². The van der Waals surface area contributed by atoms with Crippen molar-refractivity contribution in [3.63, 3.8) is 0 Å². The molecule has 1 aromatic heterocycles. The van der Waals surface area contributed by atoms with Gasteiger partial charge in [0.1, 0.15) is 12.2 Å². The van der Waals surface area contributed by atoms with Crippen LogP contribution in [0, 0.1) is 0 Å². The van der Waals surface area contributed by atoms with Crippen LogP contribution in [0.15, 0.2) is 108 Å². The Morgan fingerprint density at radius 2 is 1.54 bits per heavy atom. The van der Waals surface area contributed by atoms with Gasteiger partial charge in [0.05, 0.1) is 6.61 Å². The van der Waals surface area contributed by atoms with Crippen LogP contribution in [0.3, 0.4) is 0 Å². The van der Waals surface area contributed by atoms with E-state index in [-0.39, 0.29) is 12.5 Å². The number of nitrogens with one attached hydrogen (secondary N) is 1. The van der Waals surface area contributed by atoms with Crippen LogP contribution in [0.5, 0.6) is 0 Å². The number of esters is 1. The van der Waals surface area contributed by atoms with Crippen molar-refractivity contribution in [1.29, 1.82) is 0 Å². The van der Waals surface area contributed by atoms with E-state index < -0.39 is 0 Å². The van der Waals surface area contributed by atoms with E-state index in [1.807, 2.05) is 103 Å². The van der Waals surface area contributed by atoms with Crippen molar-refractivity contribution in [3.8, 4) is 45.2 Å². The SMILES string of the molecule is CCOC(=O)CNc1cccc(-c2cc(Cl)ccc2-c2nc(-c3ccccc3)c(-c3ccccc3)o2)c1. The number of carbonyl (C=O) groups excluding carboxylic acids is 1. The molecule has 0 fully saturated rings. The average molecular weight is 509 g/mol. The van der Waals surface area contributed by atoms with Gasteiger partial charge >= 0.3 is 5.97 Å². The smallest absolute Gasteiger partial charge is 0.325 e. The molecule has 5 aromatic rings. The normalized spacial score (nSPS) is 10.8. The predicted molar refractivity (Wildman–Crippen MR) is 148 cm³/mol. The molecule has 0 saturated carbocycles. The number of benzene rings is 4. The van der Waals surface area contributed by atoms with Gasteiger partial charge in [-0.3, -0.25) is 4.79 Å². The maximum absolute atomic E-state index is 11.8. The maximum atomic E-state index is 11.8. The van der Waals surface area contributed by atoms with Crippen LogP contribution in [0.2, 0.25) is 5.02 Å². The zero-order chi connectivity index (χ0) is 25.6. The highest BCUT2D eigenvalue weighted by Gasteiger charge is 2.20. The van der Waals surface area contributed by atoms with Gasteiger partial charge in [0.25, 0.3) is 0 Å². The molecule has 0 aliphatic rings. The third-order valence-electron chi connectivity index (χ3n) is 5.84. The molecule has 1 heterocycles. The fourth-order valence-electron chi connectivity index (χ4n) is 4.14. The number of rotatable bonds is 8. The van der Waals surface area contributed by atoms with E-state index in [0.29, 0.717) is 23.3 Å². The quantitative estimate of drug-likeness (QED) is 0.215. The number of anilines is 1. The first kappa shape index (κ1) is 24.3. The van der Waals surface area contributed by atoms with Gasteiger partial charge in [-0.25, -0.2) is 4.98 Å². The van der Waals surface area contributed by atoms with E-state index in [1.165, 1.54) is 0 Å². The van der Waals surface area contributed by atoms with Crippen LogP contribution in [0.25, 0.3) is 45.2 Å². The number of hydrogen-bond acceptors (Lipinski definition) is 5. The number of nitrogens with zero attached hydrogens (tertiary/aromatic N) is 1. The molecule has 1 N–H and O–H groups in total. The Morgan fingerprint density at radius 3 is 2.27 bits per heavy atom. The van der Waals surface area contributed by atoms with Crippen molar-refractivity contribution in [1.82, 2.24) is 4.98 Å². The second-order valence-corrected chi connectivity index (χ2v) is 8.79. The van der Waals surface area contributed by atoms with E-state index >= 15 is 0 Å². The maximum Gasteiger partial charge on any atom is 0.325 e. The third kappa shape index (κ3) is 5.57. The zero-order valence-corrected chi connectivity index (χ0v) is 21.0. The molecule has 184 valence electrons. The third-order valence-corrected chi connectivity index (χ3v) is 6.07. The summed E-state index contributed by atoms with van der Waals surface area (Å²) in [5.74, 6) is 0.889. The monoisotopic (exact) mass is 508 g/mol. The lowest BCUT2D eigenvalue weighted by molar-refractivity contribution is -0.140. The fraction of sp³-hybridized carbons (Fsp3) is 0.0968. The number of halogens is 1. The van der Waals surface area contributed by atoms with Crippen molar-refractivity contribution in [2.45, 2.75) is 6.92 Å². The van der Waals surface area contributed by atoms with Crippen molar-refractivity contribution in [2.75, 3.05) is 18.5 Å². The molecule has 0 aliphatic carbocycles. The number of hydrogen-bond donors (Lipinski definition) is 1. The number of aromatic nitrogens is 1. The topological polar surface area (TPSA) is 64.4 Å². The summed E-state index contributed by atoms with van der Waals surface area (Å²) in [5.41, 5.74) is 6.07. The van der Waals surface area contributed by atoms with Crippen molar-refractivity contribution < 1.29 is 13.9 Å².